The maximum absolute atomic E-state index is 5.15. The molecule has 2 aromatic rings. The van der Waals surface area contributed by atoms with Crippen molar-refractivity contribution in [1.82, 2.24) is 9.97 Å². The largest absolute Gasteiger partial charge is 0.497 e. The first kappa shape index (κ1) is 12.8. The third-order valence-corrected chi connectivity index (χ3v) is 3.19. The molecule has 0 bridgehead atoms. The molecule has 0 saturated carbocycles. The summed E-state index contributed by atoms with van der Waals surface area (Å²) in [5.41, 5.74) is 4.51. The van der Waals surface area contributed by atoms with Crippen molar-refractivity contribution in [2.75, 3.05) is 7.11 Å². The minimum absolute atomic E-state index is 0.545. The molecular weight excluding hydrogens is 244 g/mol. The fourth-order valence-electron chi connectivity index (χ4n) is 1.96. The lowest BCUT2D eigenvalue weighted by Gasteiger charge is -2.09. The molecule has 0 aliphatic carbocycles. The molecule has 0 saturated heterocycles. The highest BCUT2D eigenvalue weighted by atomic mass is 32.1. The van der Waals surface area contributed by atoms with Crippen molar-refractivity contribution in [3.63, 3.8) is 0 Å². The summed E-state index contributed by atoms with van der Waals surface area (Å²) in [6.45, 7) is 4.03. The Morgan fingerprint density at radius 2 is 1.89 bits per heavy atom. The van der Waals surface area contributed by atoms with Crippen LogP contribution < -0.4 is 4.74 Å². The van der Waals surface area contributed by atoms with Gasteiger partial charge in [0.1, 0.15) is 5.75 Å². The second-order valence-corrected chi connectivity index (χ2v) is 4.64. The molecule has 0 atom stereocenters. The highest BCUT2D eigenvalue weighted by molar-refractivity contribution is 7.71. The van der Waals surface area contributed by atoms with E-state index >= 15 is 0 Å². The van der Waals surface area contributed by atoms with Crippen LogP contribution in [0.2, 0.25) is 0 Å². The fourth-order valence-corrected chi connectivity index (χ4v) is 2.25. The lowest BCUT2D eigenvalue weighted by Crippen LogP contribution is -2.01. The van der Waals surface area contributed by atoms with Gasteiger partial charge in [-0.3, -0.25) is 0 Å². The number of H-pyrrole nitrogens is 1. The van der Waals surface area contributed by atoms with Crippen molar-refractivity contribution in [2.45, 2.75) is 20.3 Å². The number of methoxy groups -OCH3 is 1. The summed E-state index contributed by atoms with van der Waals surface area (Å²) in [5.74, 6) is 0.873. The van der Waals surface area contributed by atoms with Crippen molar-refractivity contribution in [3.8, 4) is 5.75 Å². The second-order valence-electron chi connectivity index (χ2n) is 4.26. The van der Waals surface area contributed by atoms with Gasteiger partial charge in [-0.25, -0.2) is 4.98 Å². The Bertz CT molecular complexity index is 576. The van der Waals surface area contributed by atoms with E-state index in [-0.39, 0.29) is 0 Å². The van der Waals surface area contributed by atoms with Crippen LogP contribution in [0.5, 0.6) is 5.75 Å². The molecule has 1 aromatic heterocycles. The van der Waals surface area contributed by atoms with Crippen molar-refractivity contribution in [1.29, 1.82) is 0 Å². The molecule has 0 fully saturated rings. The topological polar surface area (TPSA) is 37.9 Å². The van der Waals surface area contributed by atoms with Gasteiger partial charge in [0.25, 0.3) is 0 Å². The summed E-state index contributed by atoms with van der Waals surface area (Å²) in [6, 6.07) is 8.08. The van der Waals surface area contributed by atoms with Gasteiger partial charge in [0, 0.05) is 17.8 Å². The van der Waals surface area contributed by atoms with Gasteiger partial charge in [0.05, 0.1) is 7.11 Å². The number of hydrogen-bond acceptors (Lipinski definition) is 3. The highest BCUT2D eigenvalue weighted by Crippen LogP contribution is 2.17. The van der Waals surface area contributed by atoms with E-state index in [1.807, 2.05) is 26.0 Å². The first-order valence-electron chi connectivity index (χ1n) is 5.79. The SMILES string of the molecule is COc1ccc(Cc2c(C)nc(=S)[nH]c2C)cc1. The van der Waals surface area contributed by atoms with Crippen molar-refractivity contribution < 1.29 is 4.74 Å². The lowest BCUT2D eigenvalue weighted by atomic mass is 10.0. The van der Waals surface area contributed by atoms with Crippen molar-refractivity contribution in [3.05, 3.63) is 51.6 Å². The predicted molar refractivity (Wildman–Crippen MR) is 74.7 cm³/mol. The number of aromatic nitrogens is 2. The third-order valence-electron chi connectivity index (χ3n) is 2.99. The van der Waals surface area contributed by atoms with Gasteiger partial charge in [-0.2, -0.15) is 0 Å². The maximum atomic E-state index is 5.15. The average molecular weight is 260 g/mol. The van der Waals surface area contributed by atoms with Crippen LogP contribution in [0.1, 0.15) is 22.5 Å². The number of aromatic amines is 1. The van der Waals surface area contributed by atoms with Crippen LogP contribution in [0.3, 0.4) is 0 Å². The van der Waals surface area contributed by atoms with E-state index in [9.17, 15) is 0 Å². The molecular formula is C14H16N2OS. The second kappa shape index (κ2) is 5.31. The smallest absolute Gasteiger partial charge is 0.197 e. The summed E-state index contributed by atoms with van der Waals surface area (Å²) < 4.78 is 5.70. The lowest BCUT2D eigenvalue weighted by molar-refractivity contribution is 0.414. The summed E-state index contributed by atoms with van der Waals surface area (Å²) >= 11 is 5.06. The van der Waals surface area contributed by atoms with Crippen LogP contribution in [-0.2, 0) is 6.42 Å². The van der Waals surface area contributed by atoms with Crippen LogP contribution in [-0.4, -0.2) is 17.1 Å². The standard InChI is InChI=1S/C14H16N2OS/c1-9-13(10(2)16-14(18)15-9)8-11-4-6-12(17-3)7-5-11/h4-7H,8H2,1-3H3,(H,15,16,18). The molecule has 4 heteroatoms. The number of ether oxygens (including phenoxy) is 1. The van der Waals surface area contributed by atoms with Gasteiger partial charge >= 0.3 is 0 Å². The quantitative estimate of drug-likeness (QED) is 0.860. The molecule has 2 rings (SSSR count). The Kier molecular flexibility index (Phi) is 3.77. The number of benzene rings is 1. The number of aryl methyl sites for hydroxylation is 2. The van der Waals surface area contributed by atoms with Gasteiger partial charge in [0.2, 0.25) is 0 Å². The zero-order valence-electron chi connectivity index (χ0n) is 10.8. The molecule has 94 valence electrons. The molecule has 1 N–H and O–H groups in total. The number of nitrogens with one attached hydrogen (secondary N) is 1. The minimum atomic E-state index is 0.545. The summed E-state index contributed by atoms with van der Waals surface area (Å²) in [4.78, 5) is 7.40. The van der Waals surface area contributed by atoms with Crippen LogP contribution in [0.4, 0.5) is 0 Å². The zero-order valence-corrected chi connectivity index (χ0v) is 11.6. The first-order valence-corrected chi connectivity index (χ1v) is 6.20. The van der Waals surface area contributed by atoms with Gasteiger partial charge in [0.15, 0.2) is 4.77 Å². The van der Waals surface area contributed by atoms with E-state index in [0.717, 1.165) is 23.6 Å². The molecule has 1 heterocycles. The summed E-state index contributed by atoms with van der Waals surface area (Å²) in [5, 5.41) is 0. The van der Waals surface area contributed by atoms with Crippen LogP contribution in [0.25, 0.3) is 0 Å². The van der Waals surface area contributed by atoms with E-state index in [4.69, 9.17) is 17.0 Å². The Labute approximate surface area is 112 Å². The highest BCUT2D eigenvalue weighted by Gasteiger charge is 2.06. The average Bonchev–Trinajstić information content (AvgIpc) is 2.34. The van der Waals surface area contributed by atoms with Crippen LogP contribution in [0, 0.1) is 18.6 Å². The van der Waals surface area contributed by atoms with Crippen molar-refractivity contribution in [2.24, 2.45) is 0 Å². The predicted octanol–water partition coefficient (Wildman–Crippen LogP) is 3.36. The first-order chi connectivity index (χ1) is 8.60. The zero-order chi connectivity index (χ0) is 13.1. The molecule has 0 spiro atoms. The normalized spacial score (nSPS) is 10.4. The Balaban J connectivity index is 2.31. The van der Waals surface area contributed by atoms with Gasteiger partial charge < -0.3 is 9.72 Å². The molecule has 0 unspecified atom stereocenters. The van der Waals surface area contributed by atoms with E-state index in [1.165, 1.54) is 11.1 Å². The molecule has 0 radical (unpaired) electrons. The van der Waals surface area contributed by atoms with Gasteiger partial charge in [-0.15, -0.1) is 0 Å². The maximum Gasteiger partial charge on any atom is 0.197 e. The van der Waals surface area contributed by atoms with E-state index in [1.54, 1.807) is 7.11 Å². The van der Waals surface area contributed by atoms with Crippen LogP contribution in [0.15, 0.2) is 24.3 Å². The molecule has 0 amide bonds. The van der Waals surface area contributed by atoms with E-state index in [2.05, 4.69) is 22.1 Å². The monoisotopic (exact) mass is 260 g/mol. The van der Waals surface area contributed by atoms with Gasteiger partial charge in [-0.1, -0.05) is 12.1 Å². The summed E-state index contributed by atoms with van der Waals surface area (Å²) in [6.07, 6.45) is 0.848. The third kappa shape index (κ3) is 2.76. The number of hydrogen-bond donors (Lipinski definition) is 1. The molecule has 0 aliphatic rings. The van der Waals surface area contributed by atoms with Crippen LogP contribution >= 0.6 is 12.2 Å². The molecule has 18 heavy (non-hydrogen) atoms. The Morgan fingerprint density at radius 3 is 2.44 bits per heavy atom. The van der Waals surface area contributed by atoms with E-state index < -0.39 is 0 Å². The molecule has 0 aliphatic heterocycles. The van der Waals surface area contributed by atoms with Gasteiger partial charge in [-0.05, 0) is 49.3 Å². The Hall–Kier alpha value is -1.68. The number of nitrogens with zero attached hydrogens (tertiary/aromatic N) is 1. The van der Waals surface area contributed by atoms with E-state index in [0.29, 0.717) is 4.77 Å². The van der Waals surface area contributed by atoms with Crippen molar-refractivity contribution >= 4 is 12.2 Å². The number of rotatable bonds is 3. The Morgan fingerprint density at radius 1 is 1.22 bits per heavy atom. The minimum Gasteiger partial charge on any atom is -0.497 e. The summed E-state index contributed by atoms with van der Waals surface area (Å²) in [7, 11) is 1.67. The molecule has 1 aromatic carbocycles. The fraction of sp³-hybridized carbons (Fsp3) is 0.286. The molecule has 3 nitrogen and oxygen atoms in total.